The molecule has 0 aliphatic rings. The highest BCUT2D eigenvalue weighted by Gasteiger charge is 2.32. The van der Waals surface area contributed by atoms with Crippen LogP contribution in [0.3, 0.4) is 0 Å². The zero-order chi connectivity index (χ0) is 22.6. The first-order chi connectivity index (χ1) is 14.2. The quantitative estimate of drug-likeness (QED) is 0.483. The molecule has 2 aromatic rings. The summed E-state index contributed by atoms with van der Waals surface area (Å²) in [7, 11) is 3.06. The van der Waals surface area contributed by atoms with Crippen molar-refractivity contribution < 1.29 is 19.1 Å². The van der Waals surface area contributed by atoms with Crippen molar-refractivity contribution in [2.24, 2.45) is 7.05 Å². The lowest BCUT2D eigenvalue weighted by atomic mass is 9.99. The second kappa shape index (κ2) is 9.74. The van der Waals surface area contributed by atoms with Crippen molar-refractivity contribution in [2.45, 2.75) is 53.5 Å². The summed E-state index contributed by atoms with van der Waals surface area (Å²) >= 11 is 0. The van der Waals surface area contributed by atoms with Gasteiger partial charge in [-0.25, -0.2) is 4.79 Å². The molecule has 1 heterocycles. The molecule has 162 valence electrons. The minimum atomic E-state index is -0.659. The molecule has 0 unspecified atom stereocenters. The predicted octanol–water partition coefficient (Wildman–Crippen LogP) is 4.11. The fourth-order valence-electron chi connectivity index (χ4n) is 3.84. The van der Waals surface area contributed by atoms with Crippen LogP contribution in [0.25, 0.3) is 0 Å². The summed E-state index contributed by atoms with van der Waals surface area (Å²) < 4.78 is 6.55. The fraction of sp³-hybridized carbons (Fsp3) is 0.458. The van der Waals surface area contributed by atoms with Crippen molar-refractivity contribution in [3.8, 4) is 0 Å². The average Bonchev–Trinajstić information content (AvgIpc) is 2.98. The summed E-state index contributed by atoms with van der Waals surface area (Å²) in [6.07, 6.45) is 1.63. The number of hydrogen-bond acceptors (Lipinski definition) is 4. The number of rotatable bonds is 8. The number of methoxy groups -OCH3 is 1. The average molecular weight is 413 g/mol. The van der Waals surface area contributed by atoms with E-state index in [1.807, 2.05) is 31.2 Å². The van der Waals surface area contributed by atoms with Gasteiger partial charge in [0, 0.05) is 30.4 Å². The number of nitrogens with zero attached hydrogens (tertiary/aromatic N) is 2. The Balaban J connectivity index is 2.42. The molecule has 0 fully saturated rings. The van der Waals surface area contributed by atoms with Crippen molar-refractivity contribution in [3.63, 3.8) is 0 Å². The maximum Gasteiger partial charge on any atom is 0.354 e. The van der Waals surface area contributed by atoms with Crippen LogP contribution in [-0.4, -0.2) is 46.8 Å². The third-order valence-electron chi connectivity index (χ3n) is 5.74. The molecule has 1 aromatic heterocycles. The SMILES string of the molecule is CCCN(C(=O)c1ccc(CC)cc1)[C@H](C)C(=O)c1c(C)c(C(=O)OC)n(C)c1C. The van der Waals surface area contributed by atoms with E-state index in [1.54, 1.807) is 37.3 Å². The molecule has 6 heteroatoms. The first kappa shape index (κ1) is 23.4. The van der Waals surface area contributed by atoms with E-state index < -0.39 is 12.0 Å². The number of benzene rings is 1. The number of aryl methyl sites for hydroxylation is 1. The van der Waals surface area contributed by atoms with Gasteiger partial charge in [0.05, 0.1) is 13.2 Å². The first-order valence-electron chi connectivity index (χ1n) is 10.4. The van der Waals surface area contributed by atoms with Gasteiger partial charge in [-0.15, -0.1) is 0 Å². The summed E-state index contributed by atoms with van der Waals surface area (Å²) in [4.78, 5) is 40.5. The van der Waals surface area contributed by atoms with Crippen LogP contribution in [0.5, 0.6) is 0 Å². The van der Waals surface area contributed by atoms with E-state index in [9.17, 15) is 14.4 Å². The molecule has 0 saturated heterocycles. The van der Waals surface area contributed by atoms with Crippen molar-refractivity contribution >= 4 is 17.7 Å². The number of hydrogen-bond donors (Lipinski definition) is 0. The molecule has 1 amide bonds. The van der Waals surface area contributed by atoms with Gasteiger partial charge in [0.2, 0.25) is 0 Å². The third kappa shape index (κ3) is 4.32. The van der Waals surface area contributed by atoms with Crippen LogP contribution in [-0.2, 0) is 18.2 Å². The molecular weight excluding hydrogens is 380 g/mol. The molecule has 0 N–H and O–H groups in total. The van der Waals surface area contributed by atoms with Crippen LogP contribution in [0, 0.1) is 13.8 Å². The summed E-state index contributed by atoms with van der Waals surface area (Å²) in [6.45, 7) is 9.81. The lowest BCUT2D eigenvalue weighted by Crippen LogP contribution is -2.44. The summed E-state index contributed by atoms with van der Waals surface area (Å²) in [5.74, 6) is -0.829. The van der Waals surface area contributed by atoms with Crippen molar-refractivity contribution in [1.29, 1.82) is 0 Å². The zero-order valence-corrected chi connectivity index (χ0v) is 19.0. The third-order valence-corrected chi connectivity index (χ3v) is 5.74. The molecular formula is C24H32N2O4. The van der Waals surface area contributed by atoms with Crippen LogP contribution in [0.2, 0.25) is 0 Å². The largest absolute Gasteiger partial charge is 0.464 e. The Kier molecular flexibility index (Phi) is 7.59. The number of ether oxygens (including phenoxy) is 1. The Bertz CT molecular complexity index is 941. The number of amides is 1. The predicted molar refractivity (Wildman–Crippen MR) is 117 cm³/mol. The topological polar surface area (TPSA) is 68.6 Å². The second-order valence-corrected chi connectivity index (χ2v) is 7.57. The number of carbonyl (C=O) groups is 3. The molecule has 1 atom stereocenters. The van der Waals surface area contributed by atoms with Gasteiger partial charge >= 0.3 is 5.97 Å². The van der Waals surface area contributed by atoms with Gasteiger partial charge in [0.1, 0.15) is 5.69 Å². The van der Waals surface area contributed by atoms with Crippen LogP contribution >= 0.6 is 0 Å². The van der Waals surface area contributed by atoms with Crippen LogP contribution in [0.15, 0.2) is 24.3 Å². The summed E-state index contributed by atoms with van der Waals surface area (Å²) in [5.41, 5.74) is 3.81. The van der Waals surface area contributed by atoms with Gasteiger partial charge in [-0.2, -0.15) is 0 Å². The minimum absolute atomic E-state index is 0.167. The van der Waals surface area contributed by atoms with Crippen LogP contribution in [0.4, 0.5) is 0 Å². The Labute approximate surface area is 178 Å². The number of aromatic nitrogens is 1. The van der Waals surface area contributed by atoms with E-state index >= 15 is 0 Å². The molecule has 0 aliphatic carbocycles. The molecule has 0 spiro atoms. The lowest BCUT2D eigenvalue weighted by molar-refractivity contribution is 0.0588. The van der Waals surface area contributed by atoms with Gasteiger partial charge < -0.3 is 14.2 Å². The maximum atomic E-state index is 13.5. The van der Waals surface area contributed by atoms with Gasteiger partial charge in [-0.3, -0.25) is 9.59 Å². The Morgan fingerprint density at radius 2 is 1.70 bits per heavy atom. The molecule has 0 bridgehead atoms. The normalized spacial score (nSPS) is 11.8. The molecule has 0 aliphatic heterocycles. The first-order valence-corrected chi connectivity index (χ1v) is 10.4. The lowest BCUT2D eigenvalue weighted by Gasteiger charge is -2.28. The Hall–Kier alpha value is -2.89. The number of esters is 1. The standard InChI is InChI=1S/C24H32N2O4/c1-8-14-26(23(28)19-12-10-18(9-2)11-13-19)17(5)22(27)20-15(3)21(24(29)30-7)25(6)16(20)4/h10-13,17H,8-9,14H2,1-7H3/t17-/m1/s1. The number of Topliss-reactive ketones (excluding diaryl/α,β-unsaturated/α-hetero) is 1. The van der Waals surface area contributed by atoms with Gasteiger partial charge in [0.15, 0.2) is 5.78 Å². The van der Waals surface area contributed by atoms with E-state index in [0.29, 0.717) is 34.6 Å². The van der Waals surface area contributed by atoms with Gasteiger partial charge in [0.25, 0.3) is 5.91 Å². The highest BCUT2D eigenvalue weighted by atomic mass is 16.5. The van der Waals surface area contributed by atoms with Gasteiger partial charge in [-0.05, 0) is 56.9 Å². The zero-order valence-electron chi connectivity index (χ0n) is 19.0. The van der Waals surface area contributed by atoms with E-state index in [4.69, 9.17) is 4.74 Å². The summed E-state index contributed by atoms with van der Waals surface area (Å²) in [6, 6.07) is 6.86. The molecule has 30 heavy (non-hydrogen) atoms. The van der Waals surface area contributed by atoms with Gasteiger partial charge in [-0.1, -0.05) is 26.0 Å². The van der Waals surface area contributed by atoms with E-state index in [1.165, 1.54) is 7.11 Å². The number of carbonyl (C=O) groups excluding carboxylic acids is 3. The molecule has 1 aromatic carbocycles. The monoisotopic (exact) mass is 412 g/mol. The molecule has 2 rings (SSSR count). The maximum absolute atomic E-state index is 13.5. The number of ketones is 1. The van der Waals surface area contributed by atoms with Crippen molar-refractivity contribution in [1.82, 2.24) is 9.47 Å². The van der Waals surface area contributed by atoms with Crippen LogP contribution in [0.1, 0.15) is 75.2 Å². The van der Waals surface area contributed by atoms with Crippen molar-refractivity contribution in [2.75, 3.05) is 13.7 Å². The van der Waals surface area contributed by atoms with Crippen LogP contribution < -0.4 is 0 Å². The van der Waals surface area contributed by atoms with E-state index in [0.717, 1.165) is 18.4 Å². The van der Waals surface area contributed by atoms with Crippen molar-refractivity contribution in [3.05, 3.63) is 57.9 Å². The molecule has 0 saturated carbocycles. The molecule has 0 radical (unpaired) electrons. The fourth-order valence-corrected chi connectivity index (χ4v) is 3.84. The highest BCUT2D eigenvalue weighted by Crippen LogP contribution is 2.25. The molecule has 6 nitrogen and oxygen atoms in total. The Morgan fingerprint density at radius 1 is 1.10 bits per heavy atom. The smallest absolute Gasteiger partial charge is 0.354 e. The second-order valence-electron chi connectivity index (χ2n) is 7.57. The Morgan fingerprint density at radius 3 is 2.20 bits per heavy atom. The van der Waals surface area contributed by atoms with E-state index in [2.05, 4.69) is 6.92 Å². The van der Waals surface area contributed by atoms with E-state index in [-0.39, 0.29) is 11.7 Å². The minimum Gasteiger partial charge on any atom is -0.464 e. The summed E-state index contributed by atoms with van der Waals surface area (Å²) in [5, 5.41) is 0. The highest BCUT2D eigenvalue weighted by molar-refractivity contribution is 6.07.